The Morgan fingerprint density at radius 1 is 1.06 bits per heavy atom. The van der Waals surface area contributed by atoms with Crippen LogP contribution in [0.1, 0.15) is 13.3 Å². The molecule has 0 aromatic heterocycles. The van der Waals surface area contributed by atoms with Crippen molar-refractivity contribution in [2.24, 2.45) is 0 Å². The predicted octanol–water partition coefficient (Wildman–Crippen LogP) is 2.95. The Kier molecular flexibility index (Phi) is 7.33. The summed E-state index contributed by atoms with van der Waals surface area (Å²) in [5.74, 6) is -0.412. The lowest BCUT2D eigenvalue weighted by atomic mass is 10.1. The van der Waals surface area contributed by atoms with Gasteiger partial charge in [0.25, 0.3) is 0 Å². The molecule has 0 N–H and O–H groups in total. The second-order valence-electron chi connectivity index (χ2n) is 3.05. The molecule has 0 saturated carbocycles. The summed E-state index contributed by atoms with van der Waals surface area (Å²) < 4.78 is 0. The number of rotatable bonds is 7. The Bertz CT molecular complexity index is 368. The number of carbonyl (C=O) groups excluding carboxylic acids is 2. The first-order chi connectivity index (χ1) is 7.63. The third-order valence-corrected chi connectivity index (χ3v) is 1.71. The van der Waals surface area contributed by atoms with Gasteiger partial charge in [0.05, 0.1) is 6.42 Å². The third kappa shape index (κ3) is 6.49. The van der Waals surface area contributed by atoms with Crippen molar-refractivity contribution in [2.45, 2.75) is 13.3 Å². The fourth-order valence-corrected chi connectivity index (χ4v) is 0.992. The molecule has 2 heteroatoms. The number of hydrogen-bond acceptors (Lipinski definition) is 2. The van der Waals surface area contributed by atoms with Crippen molar-refractivity contribution >= 4 is 11.6 Å². The summed E-state index contributed by atoms with van der Waals surface area (Å²) in [6, 6.07) is 0. The first-order valence-electron chi connectivity index (χ1n) is 4.95. The highest BCUT2D eigenvalue weighted by Crippen LogP contribution is 2.00. The second kappa shape index (κ2) is 8.36. The first kappa shape index (κ1) is 14.0. The zero-order valence-electron chi connectivity index (χ0n) is 9.48. The molecular formula is C14H16O2. The summed E-state index contributed by atoms with van der Waals surface area (Å²) >= 11 is 0. The number of carbonyl (C=O) groups is 2. The maximum Gasteiger partial charge on any atom is 0.163 e. The van der Waals surface area contributed by atoms with Crippen LogP contribution in [-0.4, -0.2) is 11.6 Å². The Hall–Kier alpha value is -1.96. The van der Waals surface area contributed by atoms with Crippen LogP contribution in [0, 0.1) is 0 Å². The van der Waals surface area contributed by atoms with Crippen LogP contribution in [0.3, 0.4) is 0 Å². The molecule has 0 unspecified atom stereocenters. The molecule has 0 heterocycles. The summed E-state index contributed by atoms with van der Waals surface area (Å²) in [6.45, 7) is 8.87. The molecule has 0 amide bonds. The third-order valence-electron chi connectivity index (χ3n) is 1.71. The average Bonchev–Trinajstić information content (AvgIpc) is 2.24. The van der Waals surface area contributed by atoms with E-state index in [0.717, 1.165) is 5.57 Å². The van der Waals surface area contributed by atoms with Gasteiger partial charge >= 0.3 is 0 Å². The lowest BCUT2D eigenvalue weighted by molar-refractivity contribution is -0.121. The molecule has 0 aromatic carbocycles. The van der Waals surface area contributed by atoms with E-state index in [1.165, 1.54) is 12.2 Å². The van der Waals surface area contributed by atoms with E-state index >= 15 is 0 Å². The van der Waals surface area contributed by atoms with Crippen LogP contribution in [0.2, 0.25) is 0 Å². The van der Waals surface area contributed by atoms with Gasteiger partial charge in [-0.05, 0) is 24.6 Å². The topological polar surface area (TPSA) is 34.1 Å². The van der Waals surface area contributed by atoms with Crippen LogP contribution in [0.15, 0.2) is 61.3 Å². The van der Waals surface area contributed by atoms with Crippen molar-refractivity contribution in [3.05, 3.63) is 61.3 Å². The van der Waals surface area contributed by atoms with Crippen molar-refractivity contribution in [2.75, 3.05) is 0 Å². The van der Waals surface area contributed by atoms with E-state index in [1.54, 1.807) is 37.3 Å². The fraction of sp³-hybridized carbons (Fsp3) is 0.143. The minimum atomic E-state index is -0.222. The first-order valence-corrected chi connectivity index (χ1v) is 4.95. The van der Waals surface area contributed by atoms with E-state index in [0.29, 0.717) is 0 Å². The fourth-order valence-electron chi connectivity index (χ4n) is 0.992. The number of hydrogen-bond donors (Lipinski definition) is 0. The van der Waals surface area contributed by atoms with Gasteiger partial charge in [0, 0.05) is 0 Å². The summed E-state index contributed by atoms with van der Waals surface area (Å²) in [5.41, 5.74) is 0.779. The zero-order chi connectivity index (χ0) is 12.4. The van der Waals surface area contributed by atoms with Crippen LogP contribution in [-0.2, 0) is 9.59 Å². The molecule has 0 radical (unpaired) electrons. The van der Waals surface area contributed by atoms with Crippen LogP contribution in [0.5, 0.6) is 0 Å². The highest BCUT2D eigenvalue weighted by Gasteiger charge is 2.02. The Balaban J connectivity index is 4.39. The van der Waals surface area contributed by atoms with Crippen LogP contribution in [0.25, 0.3) is 0 Å². The molecule has 0 aromatic rings. The molecule has 2 nitrogen and oxygen atoms in total. The normalized spacial score (nSPS) is 11.9. The highest BCUT2D eigenvalue weighted by molar-refractivity contribution is 6.08. The largest absolute Gasteiger partial charge is 0.294 e. The van der Waals surface area contributed by atoms with Crippen molar-refractivity contribution < 1.29 is 9.59 Å². The van der Waals surface area contributed by atoms with Gasteiger partial charge in [-0.2, -0.15) is 0 Å². The van der Waals surface area contributed by atoms with Gasteiger partial charge in [-0.3, -0.25) is 9.59 Å². The van der Waals surface area contributed by atoms with E-state index in [2.05, 4.69) is 13.2 Å². The van der Waals surface area contributed by atoms with Crippen molar-refractivity contribution in [3.8, 4) is 0 Å². The molecule has 0 aliphatic rings. The van der Waals surface area contributed by atoms with E-state index < -0.39 is 0 Å². The molecule has 0 rings (SSSR count). The van der Waals surface area contributed by atoms with E-state index in [-0.39, 0.29) is 18.0 Å². The number of ketones is 2. The molecule has 0 saturated heterocycles. The van der Waals surface area contributed by atoms with E-state index in [1.807, 2.05) is 0 Å². The predicted molar refractivity (Wildman–Crippen MR) is 67.1 cm³/mol. The summed E-state index contributed by atoms with van der Waals surface area (Å²) in [4.78, 5) is 22.4. The van der Waals surface area contributed by atoms with E-state index in [4.69, 9.17) is 0 Å². The minimum absolute atomic E-state index is 0.0979. The molecule has 0 aliphatic carbocycles. The summed E-state index contributed by atoms with van der Waals surface area (Å²) in [5, 5.41) is 0. The Morgan fingerprint density at radius 3 is 2.19 bits per heavy atom. The molecule has 84 valence electrons. The summed E-state index contributed by atoms with van der Waals surface area (Å²) in [7, 11) is 0. The SMILES string of the molecule is C=C/C=C(C=C)/C=C/C(=O)CC(=O)/C=C/C. The molecule has 0 aliphatic heterocycles. The minimum Gasteiger partial charge on any atom is -0.294 e. The zero-order valence-corrected chi connectivity index (χ0v) is 9.48. The van der Waals surface area contributed by atoms with Gasteiger partial charge in [-0.1, -0.05) is 43.5 Å². The van der Waals surface area contributed by atoms with Gasteiger partial charge in [0.15, 0.2) is 11.6 Å². The maximum atomic E-state index is 11.3. The smallest absolute Gasteiger partial charge is 0.163 e. The molecule has 0 bridgehead atoms. The van der Waals surface area contributed by atoms with Gasteiger partial charge < -0.3 is 0 Å². The molecule has 0 atom stereocenters. The molecule has 0 fully saturated rings. The standard InChI is InChI=1S/C14H16O2/c1-4-7-12(6-3)9-10-14(16)11-13(15)8-5-2/h4-10H,1,3,11H2,2H3/b8-5+,10-9+,12-7+. The quantitative estimate of drug-likeness (QED) is 0.372. The van der Waals surface area contributed by atoms with Crippen molar-refractivity contribution in [3.63, 3.8) is 0 Å². The lowest BCUT2D eigenvalue weighted by Crippen LogP contribution is -2.01. The van der Waals surface area contributed by atoms with Crippen LogP contribution >= 0.6 is 0 Å². The van der Waals surface area contributed by atoms with Crippen LogP contribution in [0.4, 0.5) is 0 Å². The van der Waals surface area contributed by atoms with Crippen molar-refractivity contribution in [1.82, 2.24) is 0 Å². The monoisotopic (exact) mass is 216 g/mol. The second-order valence-corrected chi connectivity index (χ2v) is 3.05. The van der Waals surface area contributed by atoms with Gasteiger partial charge in [0.2, 0.25) is 0 Å². The molecule has 0 spiro atoms. The lowest BCUT2D eigenvalue weighted by Gasteiger charge is -1.92. The Labute approximate surface area is 96.4 Å². The summed E-state index contributed by atoms with van der Waals surface area (Å²) in [6.07, 6.45) is 10.8. The van der Waals surface area contributed by atoms with Crippen molar-refractivity contribution in [1.29, 1.82) is 0 Å². The number of allylic oxidation sites excluding steroid dienone is 8. The molecule has 16 heavy (non-hydrogen) atoms. The van der Waals surface area contributed by atoms with Crippen LogP contribution < -0.4 is 0 Å². The van der Waals surface area contributed by atoms with Gasteiger partial charge in [-0.15, -0.1) is 0 Å². The van der Waals surface area contributed by atoms with Gasteiger partial charge in [0.1, 0.15) is 0 Å². The Morgan fingerprint density at radius 2 is 1.69 bits per heavy atom. The highest BCUT2D eigenvalue weighted by atomic mass is 16.1. The molecular weight excluding hydrogens is 200 g/mol. The average molecular weight is 216 g/mol. The maximum absolute atomic E-state index is 11.3. The van der Waals surface area contributed by atoms with Gasteiger partial charge in [-0.25, -0.2) is 0 Å². The van der Waals surface area contributed by atoms with E-state index in [9.17, 15) is 9.59 Å².